The molecule has 2 unspecified atom stereocenters. The highest BCUT2D eigenvalue weighted by molar-refractivity contribution is 5.80. The maximum Gasteiger partial charge on any atom is 0.408 e. The highest BCUT2D eigenvalue weighted by atomic mass is 16.6. The van der Waals surface area contributed by atoms with Crippen LogP contribution in [0.25, 0.3) is 0 Å². The molecule has 0 aliphatic carbocycles. The number of esters is 1. The average Bonchev–Trinajstić information content (AvgIpc) is 3.28. The van der Waals surface area contributed by atoms with E-state index in [4.69, 9.17) is 14.2 Å². The van der Waals surface area contributed by atoms with E-state index >= 15 is 0 Å². The molecule has 108 valence electrons. The molecule has 1 N–H and O–H groups in total. The number of epoxide rings is 1. The lowest BCUT2D eigenvalue weighted by molar-refractivity contribution is -0.146. The molecular weight excluding hydrogens is 262 g/mol. The second kappa shape index (κ2) is 6.91. The Bertz CT molecular complexity index is 458. The fourth-order valence-electron chi connectivity index (χ4n) is 1.46. The SMILES string of the molecule is CC(NC(=O)OCc1ccccc1)C(=O)OCC1CO1. The molecule has 6 heteroatoms. The van der Waals surface area contributed by atoms with Crippen LogP contribution in [0.3, 0.4) is 0 Å². The molecule has 2 rings (SSSR count). The van der Waals surface area contributed by atoms with Crippen LogP contribution in [-0.4, -0.2) is 37.4 Å². The molecule has 0 radical (unpaired) electrons. The van der Waals surface area contributed by atoms with Crippen molar-refractivity contribution in [3.63, 3.8) is 0 Å². The minimum atomic E-state index is -0.753. The van der Waals surface area contributed by atoms with Crippen LogP contribution >= 0.6 is 0 Å². The van der Waals surface area contributed by atoms with E-state index in [0.717, 1.165) is 5.56 Å². The van der Waals surface area contributed by atoms with Gasteiger partial charge in [-0.2, -0.15) is 0 Å². The summed E-state index contributed by atoms with van der Waals surface area (Å²) in [5, 5.41) is 2.42. The summed E-state index contributed by atoms with van der Waals surface area (Å²) >= 11 is 0. The van der Waals surface area contributed by atoms with E-state index in [-0.39, 0.29) is 19.3 Å². The number of ether oxygens (including phenoxy) is 3. The molecule has 1 heterocycles. The molecule has 1 fully saturated rings. The Morgan fingerprint density at radius 1 is 1.35 bits per heavy atom. The number of carbonyl (C=O) groups is 2. The van der Waals surface area contributed by atoms with Gasteiger partial charge in [0.15, 0.2) is 0 Å². The van der Waals surface area contributed by atoms with Crippen molar-refractivity contribution in [1.82, 2.24) is 5.32 Å². The maximum absolute atomic E-state index is 11.5. The van der Waals surface area contributed by atoms with Crippen molar-refractivity contribution in [3.05, 3.63) is 35.9 Å². The van der Waals surface area contributed by atoms with Crippen molar-refractivity contribution >= 4 is 12.1 Å². The smallest absolute Gasteiger partial charge is 0.408 e. The lowest BCUT2D eigenvalue weighted by atomic mass is 10.2. The first-order valence-electron chi connectivity index (χ1n) is 6.40. The first-order valence-corrected chi connectivity index (χ1v) is 6.40. The van der Waals surface area contributed by atoms with Crippen molar-refractivity contribution < 1.29 is 23.8 Å². The maximum atomic E-state index is 11.5. The summed E-state index contributed by atoms with van der Waals surface area (Å²) < 4.78 is 14.9. The number of carbonyl (C=O) groups excluding carboxylic acids is 2. The summed E-state index contributed by atoms with van der Waals surface area (Å²) in [6.07, 6.45) is -0.642. The van der Waals surface area contributed by atoms with E-state index in [2.05, 4.69) is 5.32 Å². The van der Waals surface area contributed by atoms with Crippen molar-refractivity contribution in [2.24, 2.45) is 0 Å². The van der Waals surface area contributed by atoms with Gasteiger partial charge in [-0.1, -0.05) is 30.3 Å². The zero-order chi connectivity index (χ0) is 14.4. The molecule has 0 aromatic heterocycles. The van der Waals surface area contributed by atoms with Crippen LogP contribution in [0, 0.1) is 0 Å². The van der Waals surface area contributed by atoms with E-state index in [9.17, 15) is 9.59 Å². The summed E-state index contributed by atoms with van der Waals surface area (Å²) in [4.78, 5) is 23.1. The third-order valence-corrected chi connectivity index (χ3v) is 2.71. The summed E-state index contributed by atoms with van der Waals surface area (Å²) in [6.45, 7) is 2.54. The molecule has 0 saturated carbocycles. The van der Waals surface area contributed by atoms with E-state index in [0.29, 0.717) is 6.61 Å². The second-order valence-corrected chi connectivity index (χ2v) is 4.51. The summed E-state index contributed by atoms with van der Waals surface area (Å²) in [6, 6.07) is 8.54. The molecule has 1 aliphatic heterocycles. The van der Waals surface area contributed by atoms with Gasteiger partial charge in [-0.25, -0.2) is 9.59 Å². The monoisotopic (exact) mass is 279 g/mol. The molecule has 1 aromatic carbocycles. The van der Waals surface area contributed by atoms with E-state index in [1.165, 1.54) is 0 Å². The Labute approximate surface area is 117 Å². The Morgan fingerprint density at radius 2 is 2.05 bits per heavy atom. The van der Waals surface area contributed by atoms with Crippen molar-refractivity contribution in [3.8, 4) is 0 Å². The van der Waals surface area contributed by atoms with Gasteiger partial charge in [0.25, 0.3) is 0 Å². The van der Waals surface area contributed by atoms with E-state index in [1.54, 1.807) is 6.92 Å². The van der Waals surface area contributed by atoms with Gasteiger partial charge in [-0.05, 0) is 12.5 Å². The zero-order valence-corrected chi connectivity index (χ0v) is 11.2. The van der Waals surface area contributed by atoms with Crippen LogP contribution < -0.4 is 5.32 Å². The first-order chi connectivity index (χ1) is 9.65. The minimum absolute atomic E-state index is 0.0104. The van der Waals surface area contributed by atoms with Gasteiger partial charge in [0.05, 0.1) is 6.61 Å². The normalized spacial score (nSPS) is 17.9. The standard InChI is InChI=1S/C14H17NO5/c1-10(13(16)19-9-12-8-18-12)15-14(17)20-7-11-5-3-2-4-6-11/h2-6,10,12H,7-9H2,1H3,(H,15,17). The van der Waals surface area contributed by atoms with Gasteiger partial charge in [0, 0.05) is 0 Å². The Balaban J connectivity index is 1.66. The minimum Gasteiger partial charge on any atom is -0.461 e. The molecule has 1 saturated heterocycles. The average molecular weight is 279 g/mol. The van der Waals surface area contributed by atoms with Crippen LogP contribution in [0.5, 0.6) is 0 Å². The van der Waals surface area contributed by atoms with Gasteiger partial charge in [-0.3, -0.25) is 0 Å². The molecule has 2 atom stereocenters. The highest BCUT2D eigenvalue weighted by Gasteiger charge is 2.26. The topological polar surface area (TPSA) is 77.2 Å². The number of hydrogen-bond acceptors (Lipinski definition) is 5. The van der Waals surface area contributed by atoms with Crippen LogP contribution in [0.2, 0.25) is 0 Å². The van der Waals surface area contributed by atoms with Gasteiger partial charge in [0.2, 0.25) is 0 Å². The molecule has 1 amide bonds. The van der Waals surface area contributed by atoms with Crippen LogP contribution in [-0.2, 0) is 25.6 Å². The van der Waals surface area contributed by atoms with Crippen LogP contribution in [0.15, 0.2) is 30.3 Å². The molecule has 20 heavy (non-hydrogen) atoms. The van der Waals surface area contributed by atoms with E-state index in [1.807, 2.05) is 30.3 Å². The molecule has 1 aromatic rings. The third kappa shape index (κ3) is 4.89. The zero-order valence-electron chi connectivity index (χ0n) is 11.2. The predicted octanol–water partition coefficient (Wildman–Crippen LogP) is 1.24. The quantitative estimate of drug-likeness (QED) is 0.626. The first kappa shape index (κ1) is 14.3. The molecule has 0 bridgehead atoms. The highest BCUT2D eigenvalue weighted by Crippen LogP contribution is 2.09. The fourth-order valence-corrected chi connectivity index (χ4v) is 1.46. The summed E-state index contributed by atoms with van der Waals surface area (Å²) in [5.41, 5.74) is 0.878. The third-order valence-electron chi connectivity index (χ3n) is 2.71. The Kier molecular flexibility index (Phi) is 4.95. The lowest BCUT2D eigenvalue weighted by Gasteiger charge is -2.13. The Hall–Kier alpha value is -2.08. The van der Waals surface area contributed by atoms with Gasteiger partial charge < -0.3 is 19.5 Å². The number of benzene rings is 1. The molecular formula is C14H17NO5. The van der Waals surface area contributed by atoms with Gasteiger partial charge >= 0.3 is 12.1 Å². The van der Waals surface area contributed by atoms with Crippen molar-refractivity contribution in [2.45, 2.75) is 25.7 Å². The van der Waals surface area contributed by atoms with Gasteiger partial charge in [0.1, 0.15) is 25.4 Å². The molecule has 6 nitrogen and oxygen atoms in total. The predicted molar refractivity (Wildman–Crippen MR) is 69.9 cm³/mol. The Morgan fingerprint density at radius 3 is 2.70 bits per heavy atom. The number of rotatable bonds is 6. The number of nitrogens with one attached hydrogen (secondary N) is 1. The van der Waals surface area contributed by atoms with E-state index < -0.39 is 18.1 Å². The lowest BCUT2D eigenvalue weighted by Crippen LogP contribution is -2.40. The second-order valence-electron chi connectivity index (χ2n) is 4.51. The number of amides is 1. The van der Waals surface area contributed by atoms with Crippen molar-refractivity contribution in [1.29, 1.82) is 0 Å². The summed E-state index contributed by atoms with van der Waals surface area (Å²) in [5.74, 6) is -0.503. The largest absolute Gasteiger partial charge is 0.461 e. The fraction of sp³-hybridized carbons (Fsp3) is 0.429. The molecule has 1 aliphatic rings. The van der Waals surface area contributed by atoms with Gasteiger partial charge in [-0.15, -0.1) is 0 Å². The summed E-state index contributed by atoms with van der Waals surface area (Å²) in [7, 11) is 0. The number of hydrogen-bond donors (Lipinski definition) is 1. The van der Waals surface area contributed by atoms with Crippen LogP contribution in [0.1, 0.15) is 12.5 Å². The van der Waals surface area contributed by atoms with Crippen LogP contribution in [0.4, 0.5) is 4.79 Å². The number of alkyl carbamates (subject to hydrolysis) is 1. The molecule has 0 spiro atoms. The van der Waals surface area contributed by atoms with Crippen molar-refractivity contribution in [2.75, 3.05) is 13.2 Å².